The molecule has 21 heavy (non-hydrogen) atoms. The van der Waals surface area contributed by atoms with Crippen LogP contribution in [-0.4, -0.2) is 10.2 Å². The van der Waals surface area contributed by atoms with Gasteiger partial charge in [-0.15, -0.1) is 0 Å². The van der Waals surface area contributed by atoms with Crippen LogP contribution in [-0.2, 0) is 5.41 Å². The van der Waals surface area contributed by atoms with Gasteiger partial charge in [-0.2, -0.15) is 0 Å². The largest absolute Gasteiger partial charge is 0.0622 e. The molecular formula is C20H19Si. The van der Waals surface area contributed by atoms with Crippen molar-refractivity contribution < 1.29 is 0 Å². The van der Waals surface area contributed by atoms with Crippen molar-refractivity contribution in [3.05, 3.63) is 114 Å². The van der Waals surface area contributed by atoms with Gasteiger partial charge in [0, 0.05) is 15.7 Å². The molecule has 0 saturated heterocycles. The molecule has 0 heterocycles. The molecule has 0 spiro atoms. The highest BCUT2D eigenvalue weighted by molar-refractivity contribution is 6.16. The van der Waals surface area contributed by atoms with Gasteiger partial charge in [0.05, 0.1) is 0 Å². The Morgan fingerprint density at radius 3 is 1.05 bits per heavy atom. The predicted molar refractivity (Wildman–Crippen MR) is 93.4 cm³/mol. The first kappa shape index (κ1) is 13.8. The summed E-state index contributed by atoms with van der Waals surface area (Å²) in [6, 6.07) is 34.8. The molecule has 1 radical (unpaired) electrons. The van der Waals surface area contributed by atoms with Gasteiger partial charge >= 0.3 is 0 Å². The number of benzene rings is 3. The Morgan fingerprint density at radius 2 is 0.810 bits per heavy atom. The van der Waals surface area contributed by atoms with E-state index >= 15 is 0 Å². The summed E-state index contributed by atoms with van der Waals surface area (Å²) < 4.78 is 0. The summed E-state index contributed by atoms with van der Waals surface area (Å²) in [6.07, 6.45) is 0. The zero-order chi connectivity index (χ0) is 14.5. The summed E-state index contributed by atoms with van der Waals surface area (Å²) in [6.45, 7) is 0. The van der Waals surface area contributed by atoms with E-state index in [1.165, 1.54) is 16.7 Å². The normalized spacial score (nSPS) is 11.4. The van der Waals surface area contributed by atoms with E-state index < -0.39 is 0 Å². The van der Waals surface area contributed by atoms with Gasteiger partial charge in [0.2, 0.25) is 0 Å². The topological polar surface area (TPSA) is 0 Å². The monoisotopic (exact) mass is 287 g/mol. The van der Waals surface area contributed by atoms with E-state index in [4.69, 9.17) is 0 Å². The van der Waals surface area contributed by atoms with Crippen LogP contribution in [0.25, 0.3) is 0 Å². The predicted octanol–water partition coefficient (Wildman–Crippen LogP) is 3.55. The van der Waals surface area contributed by atoms with E-state index in [2.05, 4.69) is 97.0 Å². The summed E-state index contributed by atoms with van der Waals surface area (Å²) in [5, 5.41) is 0. The molecule has 0 nitrogen and oxygen atoms in total. The van der Waals surface area contributed by atoms with E-state index in [1.54, 1.807) is 0 Å². The van der Waals surface area contributed by atoms with Crippen molar-refractivity contribution in [2.45, 2.75) is 5.41 Å². The Labute approximate surface area is 129 Å². The van der Waals surface area contributed by atoms with Gasteiger partial charge in [0.15, 0.2) is 0 Å². The number of hydrogen-bond donors (Lipinski definition) is 0. The van der Waals surface area contributed by atoms with Crippen LogP contribution in [0.3, 0.4) is 0 Å². The summed E-state index contributed by atoms with van der Waals surface area (Å²) in [5.74, 6) is 0. The fraction of sp³-hybridized carbons (Fsp3) is 0.0500. The third-order valence-corrected chi connectivity index (χ3v) is 4.99. The smallest absolute Gasteiger partial charge is 0.0447 e. The van der Waals surface area contributed by atoms with E-state index in [-0.39, 0.29) is 5.41 Å². The first-order valence-corrected chi connectivity index (χ1v) is 8.50. The van der Waals surface area contributed by atoms with Crippen LogP contribution in [0, 0.1) is 6.04 Å². The first-order valence-electron chi connectivity index (χ1n) is 7.35. The molecule has 0 aliphatic rings. The molecule has 3 rings (SSSR count). The summed E-state index contributed by atoms with van der Waals surface area (Å²) in [4.78, 5) is 0. The van der Waals surface area contributed by atoms with Crippen LogP contribution >= 0.6 is 0 Å². The molecule has 3 aromatic carbocycles. The lowest BCUT2D eigenvalue weighted by molar-refractivity contribution is 0.756. The molecule has 0 aliphatic heterocycles. The molecule has 0 atom stereocenters. The lowest BCUT2D eigenvalue weighted by atomic mass is 9.71. The highest BCUT2D eigenvalue weighted by atomic mass is 28.1. The average molecular weight is 287 g/mol. The van der Waals surface area contributed by atoms with Crippen LogP contribution in [0.5, 0.6) is 0 Å². The van der Waals surface area contributed by atoms with Crippen molar-refractivity contribution in [1.29, 1.82) is 0 Å². The van der Waals surface area contributed by atoms with Crippen LogP contribution in [0.15, 0.2) is 91.0 Å². The molecular weight excluding hydrogens is 268 g/mol. The molecule has 0 aliphatic carbocycles. The maximum absolute atomic E-state index is 2.44. The van der Waals surface area contributed by atoms with Crippen LogP contribution in [0.1, 0.15) is 16.7 Å². The van der Waals surface area contributed by atoms with Gasteiger partial charge in [0.25, 0.3) is 0 Å². The minimum atomic E-state index is -0.143. The van der Waals surface area contributed by atoms with Crippen LogP contribution < -0.4 is 0 Å². The number of rotatable bonds is 4. The van der Waals surface area contributed by atoms with Crippen molar-refractivity contribution in [3.63, 3.8) is 0 Å². The Hall–Kier alpha value is -2.12. The lowest BCUT2D eigenvalue weighted by Gasteiger charge is -2.35. The third kappa shape index (κ3) is 2.45. The molecule has 0 amide bonds. The highest BCUT2D eigenvalue weighted by Gasteiger charge is 2.34. The Balaban J connectivity index is 2.29. The van der Waals surface area contributed by atoms with Gasteiger partial charge in [-0.3, -0.25) is 0 Å². The molecule has 1 heteroatoms. The fourth-order valence-electron chi connectivity index (χ4n) is 3.10. The second-order valence-corrected chi connectivity index (χ2v) is 5.77. The zero-order valence-corrected chi connectivity index (χ0v) is 14.2. The Kier molecular flexibility index (Phi) is 4.02. The molecule has 0 fully saturated rings. The minimum Gasteiger partial charge on any atom is -0.0622 e. The van der Waals surface area contributed by atoms with E-state index in [1.807, 2.05) is 0 Å². The van der Waals surface area contributed by atoms with Crippen molar-refractivity contribution >= 4 is 10.2 Å². The highest BCUT2D eigenvalue weighted by Crippen LogP contribution is 2.40. The molecule has 3 aromatic rings. The van der Waals surface area contributed by atoms with Crippen molar-refractivity contribution in [2.24, 2.45) is 0 Å². The summed E-state index contributed by atoms with van der Waals surface area (Å²) >= 11 is 0. The molecule has 0 saturated carbocycles. The SMILES string of the molecule is [SiH3][CH]C(c1ccccc1)(c1ccccc1)c1ccccc1. The van der Waals surface area contributed by atoms with Crippen molar-refractivity contribution in [3.8, 4) is 0 Å². The van der Waals surface area contributed by atoms with Gasteiger partial charge in [-0.1, -0.05) is 91.0 Å². The van der Waals surface area contributed by atoms with Crippen LogP contribution in [0.4, 0.5) is 0 Å². The lowest BCUT2D eigenvalue weighted by Crippen LogP contribution is -2.30. The third-order valence-electron chi connectivity index (χ3n) is 4.12. The number of hydrogen-bond acceptors (Lipinski definition) is 0. The summed E-state index contributed by atoms with van der Waals surface area (Å²) in [5.41, 5.74) is 3.85. The zero-order valence-electron chi connectivity index (χ0n) is 12.2. The van der Waals surface area contributed by atoms with Gasteiger partial charge in [-0.05, 0) is 22.7 Å². The van der Waals surface area contributed by atoms with Gasteiger partial charge < -0.3 is 0 Å². The van der Waals surface area contributed by atoms with Crippen LogP contribution in [0.2, 0.25) is 0 Å². The summed E-state index contributed by atoms with van der Waals surface area (Å²) in [7, 11) is 1.03. The second-order valence-electron chi connectivity index (χ2n) is 5.19. The van der Waals surface area contributed by atoms with Gasteiger partial charge in [-0.25, -0.2) is 0 Å². The fourth-order valence-corrected chi connectivity index (χ4v) is 4.10. The Morgan fingerprint density at radius 1 is 0.524 bits per heavy atom. The molecule has 0 aromatic heterocycles. The standard InChI is InChI=1S/C20H19Si/c21-16-20(17-10-4-1-5-11-17,18-12-6-2-7-13-18)19-14-8-3-9-15-19/h1-16H,21H3. The quantitative estimate of drug-likeness (QED) is 0.508. The second kappa shape index (κ2) is 6.11. The van der Waals surface area contributed by atoms with Crippen molar-refractivity contribution in [2.75, 3.05) is 0 Å². The molecule has 0 N–H and O–H groups in total. The van der Waals surface area contributed by atoms with E-state index in [0.717, 1.165) is 10.2 Å². The van der Waals surface area contributed by atoms with E-state index in [9.17, 15) is 0 Å². The maximum Gasteiger partial charge on any atom is 0.0447 e. The van der Waals surface area contributed by atoms with E-state index in [0.29, 0.717) is 0 Å². The maximum atomic E-state index is 2.44. The molecule has 0 bridgehead atoms. The first-order chi connectivity index (χ1) is 10.4. The molecule has 103 valence electrons. The Bertz CT molecular complexity index is 578. The van der Waals surface area contributed by atoms with Gasteiger partial charge in [0.1, 0.15) is 0 Å². The average Bonchev–Trinajstić information content (AvgIpc) is 2.59. The minimum absolute atomic E-state index is 0.143. The van der Waals surface area contributed by atoms with Crippen molar-refractivity contribution in [1.82, 2.24) is 0 Å². The molecule has 0 unspecified atom stereocenters.